The minimum Gasteiger partial charge on any atom is -0.364 e. The molecule has 0 radical (unpaired) electrons. The van der Waals surface area contributed by atoms with Crippen molar-refractivity contribution in [1.82, 2.24) is 4.90 Å². The number of hydrogen-bond acceptors (Lipinski definition) is 3. The zero-order valence-corrected chi connectivity index (χ0v) is 16.0. The average Bonchev–Trinajstić information content (AvgIpc) is 3.02. The van der Waals surface area contributed by atoms with Gasteiger partial charge in [0.15, 0.2) is 0 Å². The first-order chi connectivity index (χ1) is 12.7. The SMILES string of the molecule is Cc1cccc(C)c1N=C1CN(CCN2CCCCC2)c2ccccc21. The lowest BCUT2D eigenvalue weighted by atomic mass is 10.1. The molecular formula is C23H29N3. The summed E-state index contributed by atoms with van der Waals surface area (Å²) in [4.78, 5) is 10.2. The van der Waals surface area contributed by atoms with E-state index in [0.717, 1.165) is 25.3 Å². The second-order valence-corrected chi connectivity index (χ2v) is 7.64. The minimum absolute atomic E-state index is 0.918. The number of nitrogens with zero attached hydrogens (tertiary/aromatic N) is 3. The maximum atomic E-state index is 5.10. The summed E-state index contributed by atoms with van der Waals surface area (Å²) in [7, 11) is 0. The molecule has 2 aromatic rings. The van der Waals surface area contributed by atoms with Gasteiger partial charge in [-0.2, -0.15) is 0 Å². The number of fused-ring (bicyclic) bond motifs is 1. The van der Waals surface area contributed by atoms with Crippen molar-refractivity contribution in [1.29, 1.82) is 0 Å². The number of benzene rings is 2. The number of para-hydroxylation sites is 2. The van der Waals surface area contributed by atoms with Gasteiger partial charge in [0.1, 0.15) is 0 Å². The van der Waals surface area contributed by atoms with E-state index in [1.54, 1.807) is 0 Å². The van der Waals surface area contributed by atoms with Crippen LogP contribution in [0.25, 0.3) is 0 Å². The van der Waals surface area contributed by atoms with Crippen LogP contribution in [0.1, 0.15) is 36.0 Å². The molecule has 26 heavy (non-hydrogen) atoms. The Morgan fingerprint density at radius 2 is 1.58 bits per heavy atom. The van der Waals surface area contributed by atoms with Crippen molar-refractivity contribution in [3.05, 3.63) is 59.2 Å². The van der Waals surface area contributed by atoms with E-state index in [2.05, 4.69) is 66.1 Å². The van der Waals surface area contributed by atoms with E-state index in [9.17, 15) is 0 Å². The Bertz CT molecular complexity index is 783. The van der Waals surface area contributed by atoms with E-state index in [1.807, 2.05) is 0 Å². The van der Waals surface area contributed by atoms with Crippen LogP contribution in [0.2, 0.25) is 0 Å². The van der Waals surface area contributed by atoms with Gasteiger partial charge in [-0.3, -0.25) is 4.99 Å². The van der Waals surface area contributed by atoms with E-state index in [-0.39, 0.29) is 0 Å². The fraction of sp³-hybridized carbons (Fsp3) is 0.435. The summed E-state index contributed by atoms with van der Waals surface area (Å²) in [5, 5.41) is 0. The van der Waals surface area contributed by atoms with Gasteiger partial charge in [-0.25, -0.2) is 0 Å². The first-order valence-corrected chi connectivity index (χ1v) is 9.93. The Morgan fingerprint density at radius 1 is 0.846 bits per heavy atom. The first kappa shape index (κ1) is 17.3. The largest absolute Gasteiger partial charge is 0.364 e. The van der Waals surface area contributed by atoms with Crippen molar-refractivity contribution in [2.24, 2.45) is 4.99 Å². The molecular weight excluding hydrogens is 318 g/mol. The van der Waals surface area contributed by atoms with Crippen LogP contribution in [0.15, 0.2) is 47.5 Å². The molecule has 0 N–H and O–H groups in total. The second-order valence-electron chi connectivity index (χ2n) is 7.64. The number of likely N-dealkylation sites (tertiary alicyclic amines) is 1. The monoisotopic (exact) mass is 347 g/mol. The van der Waals surface area contributed by atoms with Crippen LogP contribution in [-0.2, 0) is 0 Å². The molecule has 0 atom stereocenters. The van der Waals surface area contributed by atoms with Crippen molar-refractivity contribution in [2.75, 3.05) is 37.6 Å². The summed E-state index contributed by atoms with van der Waals surface area (Å²) in [5.41, 5.74) is 7.48. The molecule has 1 fully saturated rings. The van der Waals surface area contributed by atoms with Gasteiger partial charge in [0.2, 0.25) is 0 Å². The van der Waals surface area contributed by atoms with Crippen molar-refractivity contribution in [2.45, 2.75) is 33.1 Å². The molecule has 2 aliphatic heterocycles. The van der Waals surface area contributed by atoms with Gasteiger partial charge in [-0.1, -0.05) is 42.8 Å². The van der Waals surface area contributed by atoms with Crippen LogP contribution in [0.4, 0.5) is 11.4 Å². The molecule has 4 rings (SSSR count). The highest BCUT2D eigenvalue weighted by Crippen LogP contribution is 2.31. The van der Waals surface area contributed by atoms with Gasteiger partial charge in [0.25, 0.3) is 0 Å². The normalized spacial score (nSPS) is 19.2. The quantitative estimate of drug-likeness (QED) is 0.796. The lowest BCUT2D eigenvalue weighted by Gasteiger charge is -2.29. The van der Waals surface area contributed by atoms with E-state index >= 15 is 0 Å². The molecule has 0 aliphatic carbocycles. The maximum absolute atomic E-state index is 5.10. The topological polar surface area (TPSA) is 18.8 Å². The van der Waals surface area contributed by atoms with E-state index in [0.29, 0.717) is 0 Å². The van der Waals surface area contributed by atoms with Crippen molar-refractivity contribution in [3.63, 3.8) is 0 Å². The maximum Gasteiger partial charge on any atom is 0.0697 e. The second kappa shape index (κ2) is 7.63. The molecule has 2 aliphatic rings. The molecule has 0 saturated carbocycles. The Balaban J connectivity index is 1.57. The first-order valence-electron chi connectivity index (χ1n) is 9.93. The Hall–Kier alpha value is -2.13. The van der Waals surface area contributed by atoms with Crippen molar-refractivity contribution in [3.8, 4) is 0 Å². The predicted octanol–water partition coefficient (Wildman–Crippen LogP) is 4.73. The summed E-state index contributed by atoms with van der Waals surface area (Å²) in [6.07, 6.45) is 4.11. The summed E-state index contributed by atoms with van der Waals surface area (Å²) in [6, 6.07) is 15.2. The molecule has 0 bridgehead atoms. The van der Waals surface area contributed by atoms with Crippen molar-refractivity contribution >= 4 is 17.1 Å². The van der Waals surface area contributed by atoms with E-state index < -0.39 is 0 Å². The summed E-state index contributed by atoms with van der Waals surface area (Å²) in [6.45, 7) is 10.00. The van der Waals surface area contributed by atoms with Gasteiger partial charge in [-0.15, -0.1) is 0 Å². The Morgan fingerprint density at radius 3 is 2.35 bits per heavy atom. The fourth-order valence-corrected chi connectivity index (χ4v) is 4.20. The molecule has 0 spiro atoms. The number of anilines is 1. The molecule has 1 saturated heterocycles. The smallest absolute Gasteiger partial charge is 0.0697 e. The lowest BCUT2D eigenvalue weighted by molar-refractivity contribution is 0.234. The average molecular weight is 348 g/mol. The summed E-state index contributed by atoms with van der Waals surface area (Å²) >= 11 is 0. The van der Waals surface area contributed by atoms with Gasteiger partial charge in [-0.05, 0) is 57.0 Å². The van der Waals surface area contributed by atoms with Gasteiger partial charge in [0, 0.05) is 24.3 Å². The van der Waals surface area contributed by atoms with Crippen LogP contribution >= 0.6 is 0 Å². The predicted molar refractivity (Wildman–Crippen MR) is 111 cm³/mol. The molecule has 3 nitrogen and oxygen atoms in total. The molecule has 2 aromatic carbocycles. The van der Waals surface area contributed by atoms with Crippen LogP contribution < -0.4 is 4.90 Å². The molecule has 136 valence electrons. The zero-order chi connectivity index (χ0) is 17.9. The van der Waals surface area contributed by atoms with Crippen LogP contribution in [0.5, 0.6) is 0 Å². The molecule has 0 unspecified atom stereocenters. The number of aryl methyl sites for hydroxylation is 2. The minimum atomic E-state index is 0.918. The van der Waals surface area contributed by atoms with Gasteiger partial charge >= 0.3 is 0 Å². The fourth-order valence-electron chi connectivity index (χ4n) is 4.20. The Labute approximate surface area is 157 Å². The van der Waals surface area contributed by atoms with Crippen molar-refractivity contribution < 1.29 is 0 Å². The Kier molecular flexibility index (Phi) is 5.07. The van der Waals surface area contributed by atoms with Crippen LogP contribution in [0.3, 0.4) is 0 Å². The van der Waals surface area contributed by atoms with E-state index in [1.165, 1.54) is 60.4 Å². The van der Waals surface area contributed by atoms with Crippen LogP contribution in [0, 0.1) is 13.8 Å². The third kappa shape index (κ3) is 3.54. The molecule has 2 heterocycles. The number of piperidine rings is 1. The highest BCUT2D eigenvalue weighted by molar-refractivity contribution is 6.13. The highest BCUT2D eigenvalue weighted by Gasteiger charge is 2.25. The summed E-state index contributed by atoms with van der Waals surface area (Å²) in [5.74, 6) is 0. The van der Waals surface area contributed by atoms with Gasteiger partial charge in [0.05, 0.1) is 17.9 Å². The molecule has 0 aromatic heterocycles. The summed E-state index contributed by atoms with van der Waals surface area (Å²) < 4.78 is 0. The number of hydrogen-bond donors (Lipinski definition) is 0. The molecule has 3 heteroatoms. The van der Waals surface area contributed by atoms with E-state index in [4.69, 9.17) is 4.99 Å². The standard InChI is InChI=1S/C23H29N3/c1-18-9-8-10-19(2)23(18)24-21-17-26(22-12-5-4-11-20(21)22)16-15-25-13-6-3-7-14-25/h4-5,8-12H,3,6-7,13-17H2,1-2H3. The third-order valence-corrected chi connectivity index (χ3v) is 5.72. The molecule has 0 amide bonds. The number of aliphatic imine (C=N–C) groups is 1. The van der Waals surface area contributed by atoms with Crippen LogP contribution in [-0.4, -0.2) is 43.3 Å². The lowest BCUT2D eigenvalue weighted by Crippen LogP contribution is -2.37. The third-order valence-electron chi connectivity index (χ3n) is 5.72. The number of rotatable bonds is 4. The highest BCUT2D eigenvalue weighted by atomic mass is 15.2. The zero-order valence-electron chi connectivity index (χ0n) is 16.0. The van der Waals surface area contributed by atoms with Gasteiger partial charge < -0.3 is 9.80 Å².